The minimum absolute atomic E-state index is 0.0297. The molecule has 0 unspecified atom stereocenters. The Balaban J connectivity index is 3.11. The van der Waals surface area contributed by atoms with Gasteiger partial charge in [0, 0.05) is 0 Å². The van der Waals surface area contributed by atoms with E-state index in [1.165, 1.54) is 0 Å². The number of unbranched alkanes of at least 4 members (excludes halogenated alkanes) is 1. The molecule has 0 fully saturated rings. The summed E-state index contributed by atoms with van der Waals surface area (Å²) in [4.78, 5) is 11.0. The fourth-order valence-electron chi connectivity index (χ4n) is 1.91. The average molecular weight is 236 g/mol. The molecule has 0 bridgehead atoms. The lowest BCUT2D eigenvalue weighted by Crippen LogP contribution is -2.02. The SMILES string of the molecule is CCCCc1cc(CCC)c(O)c(C(=O)O)c1. The smallest absolute Gasteiger partial charge is 0.339 e. The van der Waals surface area contributed by atoms with Crippen LogP contribution < -0.4 is 0 Å². The Bertz CT molecular complexity index is 397. The zero-order valence-corrected chi connectivity index (χ0v) is 10.5. The maximum Gasteiger partial charge on any atom is 0.339 e. The molecule has 0 aliphatic heterocycles. The summed E-state index contributed by atoms with van der Waals surface area (Å²) >= 11 is 0. The van der Waals surface area contributed by atoms with Crippen LogP contribution in [0.1, 0.15) is 54.6 Å². The number of aryl methyl sites for hydroxylation is 2. The van der Waals surface area contributed by atoms with E-state index in [-0.39, 0.29) is 11.3 Å². The van der Waals surface area contributed by atoms with Gasteiger partial charge in [-0.3, -0.25) is 0 Å². The highest BCUT2D eigenvalue weighted by atomic mass is 16.4. The van der Waals surface area contributed by atoms with Crippen molar-refractivity contribution in [3.8, 4) is 5.75 Å². The van der Waals surface area contributed by atoms with E-state index in [1.54, 1.807) is 6.07 Å². The fraction of sp³-hybridized carbons (Fsp3) is 0.500. The maximum atomic E-state index is 11.0. The second-order valence-electron chi connectivity index (χ2n) is 4.31. The first kappa shape index (κ1) is 13.6. The molecule has 3 heteroatoms. The lowest BCUT2D eigenvalue weighted by molar-refractivity contribution is 0.0693. The number of aromatic carboxylic acids is 1. The lowest BCUT2D eigenvalue weighted by atomic mass is 9.98. The van der Waals surface area contributed by atoms with Crippen LogP contribution >= 0.6 is 0 Å². The molecule has 0 saturated heterocycles. The molecule has 0 radical (unpaired) electrons. The van der Waals surface area contributed by atoms with Gasteiger partial charge in [-0.15, -0.1) is 0 Å². The summed E-state index contributed by atoms with van der Waals surface area (Å²) < 4.78 is 0. The average Bonchev–Trinajstić information content (AvgIpc) is 2.29. The molecule has 3 nitrogen and oxygen atoms in total. The molecule has 0 atom stereocenters. The van der Waals surface area contributed by atoms with Gasteiger partial charge in [-0.05, 0) is 36.5 Å². The van der Waals surface area contributed by atoms with Crippen molar-refractivity contribution in [1.82, 2.24) is 0 Å². The van der Waals surface area contributed by atoms with Gasteiger partial charge in [0.2, 0.25) is 0 Å². The fourth-order valence-corrected chi connectivity index (χ4v) is 1.91. The third-order valence-electron chi connectivity index (χ3n) is 2.82. The van der Waals surface area contributed by atoms with Gasteiger partial charge >= 0.3 is 5.97 Å². The summed E-state index contributed by atoms with van der Waals surface area (Å²) in [5.74, 6) is -1.13. The van der Waals surface area contributed by atoms with E-state index in [0.29, 0.717) is 6.42 Å². The number of hydrogen-bond acceptors (Lipinski definition) is 2. The van der Waals surface area contributed by atoms with E-state index >= 15 is 0 Å². The van der Waals surface area contributed by atoms with Crippen molar-refractivity contribution in [2.24, 2.45) is 0 Å². The van der Waals surface area contributed by atoms with Crippen LogP contribution in [0.2, 0.25) is 0 Å². The normalized spacial score (nSPS) is 10.5. The van der Waals surface area contributed by atoms with Crippen molar-refractivity contribution in [1.29, 1.82) is 0 Å². The molecule has 0 aliphatic rings. The largest absolute Gasteiger partial charge is 0.507 e. The van der Waals surface area contributed by atoms with Crippen molar-refractivity contribution in [3.63, 3.8) is 0 Å². The third-order valence-corrected chi connectivity index (χ3v) is 2.82. The first-order valence-corrected chi connectivity index (χ1v) is 6.18. The van der Waals surface area contributed by atoms with E-state index in [4.69, 9.17) is 5.11 Å². The predicted molar refractivity (Wildman–Crippen MR) is 67.7 cm³/mol. The summed E-state index contributed by atoms with van der Waals surface area (Å²) in [7, 11) is 0. The molecule has 1 aromatic carbocycles. The van der Waals surface area contributed by atoms with Crippen LogP contribution in [-0.4, -0.2) is 16.2 Å². The van der Waals surface area contributed by atoms with Gasteiger partial charge in [-0.1, -0.05) is 32.8 Å². The van der Waals surface area contributed by atoms with Crippen molar-refractivity contribution in [2.75, 3.05) is 0 Å². The molecule has 0 aliphatic carbocycles. The van der Waals surface area contributed by atoms with E-state index < -0.39 is 5.97 Å². The minimum atomic E-state index is -1.06. The van der Waals surface area contributed by atoms with Gasteiger partial charge in [-0.25, -0.2) is 4.79 Å². The van der Waals surface area contributed by atoms with Gasteiger partial charge in [0.1, 0.15) is 11.3 Å². The summed E-state index contributed by atoms with van der Waals surface area (Å²) in [6, 6.07) is 3.52. The Morgan fingerprint density at radius 3 is 2.41 bits per heavy atom. The predicted octanol–water partition coefficient (Wildman–Crippen LogP) is 3.39. The minimum Gasteiger partial charge on any atom is -0.507 e. The Morgan fingerprint density at radius 1 is 1.18 bits per heavy atom. The van der Waals surface area contributed by atoms with Crippen LogP contribution in [0.3, 0.4) is 0 Å². The molecule has 2 N–H and O–H groups in total. The van der Waals surface area contributed by atoms with Gasteiger partial charge in [0.25, 0.3) is 0 Å². The van der Waals surface area contributed by atoms with Crippen LogP contribution in [-0.2, 0) is 12.8 Å². The first-order chi connectivity index (χ1) is 8.10. The van der Waals surface area contributed by atoms with E-state index in [0.717, 1.165) is 36.8 Å². The van der Waals surface area contributed by atoms with Crippen molar-refractivity contribution >= 4 is 5.97 Å². The summed E-state index contributed by atoms with van der Waals surface area (Å²) in [6.45, 7) is 4.12. The topological polar surface area (TPSA) is 57.5 Å². The first-order valence-electron chi connectivity index (χ1n) is 6.18. The number of carboxylic acid groups (broad SMARTS) is 1. The van der Waals surface area contributed by atoms with Gasteiger partial charge in [0.05, 0.1) is 0 Å². The van der Waals surface area contributed by atoms with Crippen LogP contribution in [0.15, 0.2) is 12.1 Å². The number of carbonyl (C=O) groups is 1. The second-order valence-corrected chi connectivity index (χ2v) is 4.31. The quantitative estimate of drug-likeness (QED) is 0.796. The van der Waals surface area contributed by atoms with E-state index in [9.17, 15) is 9.90 Å². The molecular formula is C14H20O3. The molecule has 0 heterocycles. The van der Waals surface area contributed by atoms with Crippen LogP contribution in [0.5, 0.6) is 5.75 Å². The Hall–Kier alpha value is -1.51. The lowest BCUT2D eigenvalue weighted by Gasteiger charge is -2.10. The standard InChI is InChI=1S/C14H20O3/c1-3-5-7-10-8-11(6-4-2)13(15)12(9-10)14(16)17/h8-9,15H,3-7H2,1-2H3,(H,16,17). The summed E-state index contributed by atoms with van der Waals surface area (Å²) in [5.41, 5.74) is 1.78. The Labute approximate surface area is 102 Å². The molecule has 0 aromatic heterocycles. The number of benzene rings is 1. The maximum absolute atomic E-state index is 11.0. The summed E-state index contributed by atoms with van der Waals surface area (Å²) in [5, 5.41) is 18.9. The number of aromatic hydroxyl groups is 1. The van der Waals surface area contributed by atoms with E-state index in [1.807, 2.05) is 13.0 Å². The highest BCUT2D eigenvalue weighted by Gasteiger charge is 2.14. The molecule has 1 aromatic rings. The van der Waals surface area contributed by atoms with Gasteiger partial charge in [0.15, 0.2) is 0 Å². The van der Waals surface area contributed by atoms with Crippen LogP contribution in [0.25, 0.3) is 0 Å². The Morgan fingerprint density at radius 2 is 1.88 bits per heavy atom. The van der Waals surface area contributed by atoms with Crippen LogP contribution in [0.4, 0.5) is 0 Å². The zero-order chi connectivity index (χ0) is 12.8. The van der Waals surface area contributed by atoms with Crippen molar-refractivity contribution in [3.05, 3.63) is 28.8 Å². The number of phenols is 1. The van der Waals surface area contributed by atoms with Crippen molar-refractivity contribution < 1.29 is 15.0 Å². The Kier molecular flexibility index (Phi) is 5.01. The highest BCUT2D eigenvalue weighted by Crippen LogP contribution is 2.26. The number of rotatable bonds is 6. The monoisotopic (exact) mass is 236 g/mol. The van der Waals surface area contributed by atoms with Gasteiger partial charge in [-0.2, -0.15) is 0 Å². The zero-order valence-electron chi connectivity index (χ0n) is 10.5. The molecule has 17 heavy (non-hydrogen) atoms. The molecule has 1 rings (SSSR count). The van der Waals surface area contributed by atoms with Crippen LogP contribution in [0, 0.1) is 0 Å². The number of hydrogen-bond donors (Lipinski definition) is 2. The second kappa shape index (κ2) is 6.28. The molecule has 94 valence electrons. The highest BCUT2D eigenvalue weighted by molar-refractivity contribution is 5.91. The summed E-state index contributed by atoms with van der Waals surface area (Å²) in [6.07, 6.45) is 4.59. The third kappa shape index (κ3) is 3.48. The number of carboxylic acids is 1. The van der Waals surface area contributed by atoms with Gasteiger partial charge < -0.3 is 10.2 Å². The molecule has 0 spiro atoms. The van der Waals surface area contributed by atoms with E-state index in [2.05, 4.69) is 6.92 Å². The molecule has 0 saturated carbocycles. The molecular weight excluding hydrogens is 216 g/mol. The van der Waals surface area contributed by atoms with Crippen molar-refractivity contribution in [2.45, 2.75) is 46.0 Å². The molecule has 0 amide bonds.